The van der Waals surface area contributed by atoms with E-state index < -0.39 is 0 Å². The number of hydrogen-bond donors (Lipinski definition) is 1. The summed E-state index contributed by atoms with van der Waals surface area (Å²) in [5, 5.41) is 3.90. The Balaban J connectivity index is 2.17. The molecule has 2 aromatic heterocycles. The normalized spacial score (nSPS) is 10.5. The van der Waals surface area contributed by atoms with Crippen LogP contribution >= 0.6 is 0 Å². The number of rotatable bonds is 4. The van der Waals surface area contributed by atoms with Crippen LogP contribution in [0.4, 0.5) is 5.82 Å². The topological polar surface area (TPSA) is 74.2 Å². The van der Waals surface area contributed by atoms with Crippen molar-refractivity contribution < 1.29 is 9.26 Å². The van der Waals surface area contributed by atoms with Gasteiger partial charge in [0.2, 0.25) is 0 Å². The van der Waals surface area contributed by atoms with Crippen molar-refractivity contribution >= 4 is 5.82 Å². The van der Waals surface area contributed by atoms with Gasteiger partial charge in [-0.2, -0.15) is 0 Å². The van der Waals surface area contributed by atoms with Crippen molar-refractivity contribution in [2.45, 2.75) is 6.92 Å². The summed E-state index contributed by atoms with van der Waals surface area (Å²) in [6.07, 6.45) is 3.42. The third kappa shape index (κ3) is 2.45. The fraction of sp³-hybridized carbons (Fsp3) is 0.125. The van der Waals surface area contributed by atoms with E-state index in [1.807, 2.05) is 43.3 Å². The molecule has 0 unspecified atom stereocenters. The molecule has 1 aromatic carbocycles. The van der Waals surface area contributed by atoms with Crippen LogP contribution in [0.2, 0.25) is 0 Å². The molecule has 5 nitrogen and oxygen atoms in total. The molecule has 0 aliphatic carbocycles. The van der Waals surface area contributed by atoms with Gasteiger partial charge in [0.05, 0.1) is 17.7 Å². The zero-order valence-electron chi connectivity index (χ0n) is 11.6. The van der Waals surface area contributed by atoms with Gasteiger partial charge in [-0.3, -0.25) is 4.98 Å². The summed E-state index contributed by atoms with van der Waals surface area (Å²) in [6.45, 7) is 2.51. The average molecular weight is 281 g/mol. The van der Waals surface area contributed by atoms with Crippen LogP contribution in [-0.2, 0) is 0 Å². The van der Waals surface area contributed by atoms with Gasteiger partial charge in [-0.15, -0.1) is 0 Å². The highest BCUT2D eigenvalue weighted by Gasteiger charge is 2.20. The highest BCUT2D eigenvalue weighted by molar-refractivity contribution is 5.88. The van der Waals surface area contributed by atoms with E-state index in [4.69, 9.17) is 15.0 Å². The number of hydrogen-bond acceptors (Lipinski definition) is 5. The van der Waals surface area contributed by atoms with E-state index in [1.54, 1.807) is 12.4 Å². The maximum absolute atomic E-state index is 5.97. The molecular weight excluding hydrogens is 266 g/mol. The molecule has 0 spiro atoms. The zero-order chi connectivity index (χ0) is 14.7. The van der Waals surface area contributed by atoms with Gasteiger partial charge in [-0.25, -0.2) is 0 Å². The summed E-state index contributed by atoms with van der Waals surface area (Å²) >= 11 is 0. The van der Waals surface area contributed by atoms with E-state index in [-0.39, 0.29) is 0 Å². The summed E-state index contributed by atoms with van der Waals surface area (Å²) in [4.78, 5) is 4.02. The van der Waals surface area contributed by atoms with Gasteiger partial charge < -0.3 is 15.0 Å². The van der Waals surface area contributed by atoms with E-state index in [1.165, 1.54) is 0 Å². The standard InChI is InChI=1S/C16H15N3O2/c1-2-20-13-6-4-3-5-12(13)15-14(16(17)19-21-15)11-7-9-18-10-8-11/h3-10H,2H2,1H3,(H2,17,19). The van der Waals surface area contributed by atoms with Gasteiger partial charge >= 0.3 is 0 Å². The smallest absolute Gasteiger partial charge is 0.180 e. The largest absolute Gasteiger partial charge is 0.493 e. The molecule has 0 fully saturated rings. The quantitative estimate of drug-likeness (QED) is 0.793. The Bertz CT molecular complexity index is 738. The van der Waals surface area contributed by atoms with E-state index >= 15 is 0 Å². The zero-order valence-corrected chi connectivity index (χ0v) is 11.6. The molecule has 0 bridgehead atoms. The monoisotopic (exact) mass is 281 g/mol. The summed E-state index contributed by atoms with van der Waals surface area (Å²) < 4.78 is 11.1. The summed E-state index contributed by atoms with van der Waals surface area (Å²) in [6, 6.07) is 11.4. The molecule has 5 heteroatoms. The van der Waals surface area contributed by atoms with Gasteiger partial charge in [-0.05, 0) is 36.8 Å². The second-order valence-electron chi connectivity index (χ2n) is 4.44. The Kier molecular flexibility index (Phi) is 3.55. The first kappa shape index (κ1) is 13.2. The van der Waals surface area contributed by atoms with Crippen molar-refractivity contribution in [3.05, 3.63) is 48.8 Å². The first-order valence-electron chi connectivity index (χ1n) is 6.69. The minimum Gasteiger partial charge on any atom is -0.493 e. The van der Waals surface area contributed by atoms with E-state index in [0.717, 1.165) is 22.4 Å². The maximum Gasteiger partial charge on any atom is 0.180 e. The molecule has 2 heterocycles. The Hall–Kier alpha value is -2.82. The lowest BCUT2D eigenvalue weighted by Crippen LogP contribution is -1.94. The minimum atomic E-state index is 0.350. The van der Waals surface area contributed by atoms with Crippen molar-refractivity contribution in [2.24, 2.45) is 0 Å². The molecule has 0 atom stereocenters. The Morgan fingerprint density at radius 1 is 1.14 bits per heavy atom. The number of nitrogens with zero attached hydrogens (tertiary/aromatic N) is 2. The second-order valence-corrected chi connectivity index (χ2v) is 4.44. The average Bonchev–Trinajstić information content (AvgIpc) is 2.91. The number of nitrogens with two attached hydrogens (primary N) is 1. The summed E-state index contributed by atoms with van der Waals surface area (Å²) in [5.41, 5.74) is 8.46. The third-order valence-electron chi connectivity index (χ3n) is 3.12. The highest BCUT2D eigenvalue weighted by atomic mass is 16.5. The van der Waals surface area contributed by atoms with Crippen LogP contribution < -0.4 is 10.5 Å². The molecule has 0 aliphatic heterocycles. The number of pyridine rings is 1. The number of benzene rings is 1. The molecule has 3 aromatic rings. The van der Waals surface area contributed by atoms with Crippen LogP contribution in [0.1, 0.15) is 6.92 Å². The second kappa shape index (κ2) is 5.66. The molecule has 21 heavy (non-hydrogen) atoms. The van der Waals surface area contributed by atoms with E-state index in [9.17, 15) is 0 Å². The van der Waals surface area contributed by atoms with Crippen LogP contribution in [-0.4, -0.2) is 16.7 Å². The predicted octanol–water partition coefficient (Wildman–Crippen LogP) is 3.38. The molecule has 0 saturated heterocycles. The molecule has 0 aliphatic rings. The lowest BCUT2D eigenvalue weighted by atomic mass is 10.0. The molecule has 0 saturated carbocycles. The number of nitrogen functional groups attached to an aromatic ring is 1. The van der Waals surface area contributed by atoms with Crippen molar-refractivity contribution in [3.63, 3.8) is 0 Å². The fourth-order valence-corrected chi connectivity index (χ4v) is 2.22. The first-order valence-corrected chi connectivity index (χ1v) is 6.69. The number of aromatic nitrogens is 2. The van der Waals surface area contributed by atoms with E-state index in [2.05, 4.69) is 10.1 Å². The van der Waals surface area contributed by atoms with E-state index in [0.29, 0.717) is 18.2 Å². The number of para-hydroxylation sites is 1. The molecule has 2 N–H and O–H groups in total. The molecule has 106 valence electrons. The maximum atomic E-state index is 5.97. The summed E-state index contributed by atoms with van der Waals surface area (Å²) in [5.74, 6) is 1.69. The van der Waals surface area contributed by atoms with Crippen molar-refractivity contribution in [1.82, 2.24) is 10.1 Å². The Morgan fingerprint density at radius 2 is 1.90 bits per heavy atom. The van der Waals surface area contributed by atoms with Crippen molar-refractivity contribution in [1.29, 1.82) is 0 Å². The van der Waals surface area contributed by atoms with Crippen LogP contribution in [0.15, 0.2) is 53.3 Å². The minimum absolute atomic E-state index is 0.350. The van der Waals surface area contributed by atoms with Gasteiger partial charge in [0.25, 0.3) is 0 Å². The van der Waals surface area contributed by atoms with Crippen LogP contribution in [0, 0.1) is 0 Å². The van der Waals surface area contributed by atoms with Gasteiger partial charge in [-0.1, -0.05) is 17.3 Å². The van der Waals surface area contributed by atoms with Crippen LogP contribution in [0.3, 0.4) is 0 Å². The van der Waals surface area contributed by atoms with Crippen molar-refractivity contribution in [3.8, 4) is 28.2 Å². The molecule has 3 rings (SSSR count). The molecule has 0 radical (unpaired) electrons. The predicted molar refractivity (Wildman–Crippen MR) is 80.8 cm³/mol. The number of anilines is 1. The lowest BCUT2D eigenvalue weighted by molar-refractivity contribution is 0.339. The third-order valence-corrected chi connectivity index (χ3v) is 3.12. The highest BCUT2D eigenvalue weighted by Crippen LogP contribution is 2.40. The molecule has 0 amide bonds. The fourth-order valence-electron chi connectivity index (χ4n) is 2.22. The number of ether oxygens (including phenoxy) is 1. The Labute approximate surface area is 122 Å². The van der Waals surface area contributed by atoms with Crippen molar-refractivity contribution in [2.75, 3.05) is 12.3 Å². The Morgan fingerprint density at radius 3 is 2.67 bits per heavy atom. The first-order chi connectivity index (χ1) is 10.3. The summed E-state index contributed by atoms with van der Waals surface area (Å²) in [7, 11) is 0. The van der Waals surface area contributed by atoms with Crippen LogP contribution in [0.5, 0.6) is 5.75 Å². The lowest BCUT2D eigenvalue weighted by Gasteiger charge is -2.09. The van der Waals surface area contributed by atoms with Gasteiger partial charge in [0, 0.05) is 12.4 Å². The van der Waals surface area contributed by atoms with Gasteiger partial charge in [0.15, 0.2) is 11.6 Å². The molecular formula is C16H15N3O2. The SMILES string of the molecule is CCOc1ccccc1-c1onc(N)c1-c1ccncc1. The van der Waals surface area contributed by atoms with Gasteiger partial charge in [0.1, 0.15) is 5.75 Å². The van der Waals surface area contributed by atoms with Crippen LogP contribution in [0.25, 0.3) is 22.5 Å².